The zero-order valence-corrected chi connectivity index (χ0v) is 11.4. The lowest BCUT2D eigenvalue weighted by atomic mass is 10.3. The first-order chi connectivity index (χ1) is 10.0. The van der Waals surface area contributed by atoms with Crippen LogP contribution in [0.1, 0.15) is 5.82 Å². The molecule has 0 bridgehead atoms. The molecule has 21 heavy (non-hydrogen) atoms. The van der Waals surface area contributed by atoms with Gasteiger partial charge >= 0.3 is 0 Å². The Morgan fingerprint density at radius 2 is 2.05 bits per heavy atom. The molecule has 0 fully saturated rings. The Bertz CT molecular complexity index is 677. The van der Waals surface area contributed by atoms with Crippen molar-refractivity contribution in [3.05, 3.63) is 40.2 Å². The predicted molar refractivity (Wildman–Crippen MR) is 74.3 cm³/mol. The van der Waals surface area contributed by atoms with Gasteiger partial charge in [-0.05, 0) is 13.0 Å². The van der Waals surface area contributed by atoms with Gasteiger partial charge in [0.05, 0.1) is 18.1 Å². The predicted octanol–water partition coefficient (Wildman–Crippen LogP) is 1.78. The summed E-state index contributed by atoms with van der Waals surface area (Å²) in [6, 6.07) is 5.51. The molecule has 0 saturated carbocycles. The molecular formula is C12H13N5O4. The molecule has 0 saturated heterocycles. The minimum atomic E-state index is -0.516. The number of nitrogens with zero attached hydrogens (tertiary/aromatic N) is 3. The fraction of sp³-hybridized carbons (Fsp3) is 0.167. The van der Waals surface area contributed by atoms with E-state index in [9.17, 15) is 10.1 Å². The number of hydrogen-bond acceptors (Lipinski definition) is 8. The van der Waals surface area contributed by atoms with Gasteiger partial charge < -0.3 is 14.9 Å². The van der Waals surface area contributed by atoms with Crippen LogP contribution in [0.15, 0.2) is 24.3 Å². The van der Waals surface area contributed by atoms with Crippen molar-refractivity contribution in [1.29, 1.82) is 0 Å². The second kappa shape index (κ2) is 6.01. The van der Waals surface area contributed by atoms with Gasteiger partial charge in [0.1, 0.15) is 11.6 Å². The summed E-state index contributed by atoms with van der Waals surface area (Å²) in [5.41, 5.74) is 2.30. The van der Waals surface area contributed by atoms with Crippen molar-refractivity contribution >= 4 is 11.5 Å². The van der Waals surface area contributed by atoms with Crippen molar-refractivity contribution < 1.29 is 14.4 Å². The van der Waals surface area contributed by atoms with Gasteiger partial charge in [-0.1, -0.05) is 0 Å². The van der Waals surface area contributed by atoms with E-state index in [4.69, 9.17) is 15.3 Å². The highest BCUT2D eigenvalue weighted by molar-refractivity contribution is 5.50. The molecule has 0 aliphatic rings. The number of nitro benzene ring substituents is 1. The smallest absolute Gasteiger partial charge is 0.273 e. The molecule has 9 heteroatoms. The summed E-state index contributed by atoms with van der Waals surface area (Å²) >= 11 is 0. The van der Waals surface area contributed by atoms with Crippen molar-refractivity contribution in [3.63, 3.8) is 0 Å². The zero-order valence-electron chi connectivity index (χ0n) is 11.4. The van der Waals surface area contributed by atoms with Crippen molar-refractivity contribution in [3.8, 4) is 17.4 Å². The van der Waals surface area contributed by atoms with Gasteiger partial charge in [-0.3, -0.25) is 10.1 Å². The molecule has 0 aliphatic heterocycles. The van der Waals surface area contributed by atoms with E-state index in [1.807, 2.05) is 0 Å². The molecule has 2 rings (SSSR count). The number of nitrogen functional groups attached to an aromatic ring is 1. The van der Waals surface area contributed by atoms with Crippen LogP contribution in [0.2, 0.25) is 0 Å². The molecule has 0 spiro atoms. The average molecular weight is 291 g/mol. The number of methoxy groups -OCH3 is 1. The molecule has 110 valence electrons. The number of nitrogens with two attached hydrogens (primary N) is 1. The van der Waals surface area contributed by atoms with Gasteiger partial charge in [-0.2, -0.15) is 4.98 Å². The van der Waals surface area contributed by atoms with Gasteiger partial charge in [0.25, 0.3) is 5.69 Å². The molecule has 1 aromatic heterocycles. The first-order valence-corrected chi connectivity index (χ1v) is 5.86. The third kappa shape index (κ3) is 3.34. The maximum atomic E-state index is 10.7. The largest absolute Gasteiger partial charge is 0.493 e. The number of non-ortho nitro benzene ring substituents is 1. The Hall–Kier alpha value is -2.94. The molecular weight excluding hydrogens is 278 g/mol. The van der Waals surface area contributed by atoms with Gasteiger partial charge in [-0.15, -0.1) is 0 Å². The van der Waals surface area contributed by atoms with Crippen LogP contribution in [-0.2, 0) is 0 Å². The van der Waals surface area contributed by atoms with Crippen LogP contribution < -0.4 is 20.7 Å². The molecule has 1 aromatic carbocycles. The van der Waals surface area contributed by atoms with E-state index in [1.165, 1.54) is 31.4 Å². The van der Waals surface area contributed by atoms with E-state index in [2.05, 4.69) is 15.4 Å². The molecule has 0 unspecified atom stereocenters. The highest BCUT2D eigenvalue weighted by Crippen LogP contribution is 2.34. The van der Waals surface area contributed by atoms with Crippen molar-refractivity contribution in [2.45, 2.75) is 6.92 Å². The van der Waals surface area contributed by atoms with Crippen molar-refractivity contribution in [2.75, 3.05) is 12.5 Å². The number of benzene rings is 1. The maximum absolute atomic E-state index is 10.7. The number of ether oxygens (including phenoxy) is 2. The normalized spacial score (nSPS) is 10.0. The second-order valence-electron chi connectivity index (χ2n) is 3.98. The van der Waals surface area contributed by atoms with E-state index in [-0.39, 0.29) is 17.3 Å². The Kier molecular flexibility index (Phi) is 4.14. The monoisotopic (exact) mass is 291 g/mol. The number of hydrazine groups is 1. The van der Waals surface area contributed by atoms with Gasteiger partial charge in [0.15, 0.2) is 11.5 Å². The maximum Gasteiger partial charge on any atom is 0.273 e. The highest BCUT2D eigenvalue weighted by atomic mass is 16.6. The fourth-order valence-corrected chi connectivity index (χ4v) is 1.63. The number of anilines is 1. The number of aryl methyl sites for hydroxylation is 1. The number of hydrogen-bond donors (Lipinski definition) is 2. The summed E-state index contributed by atoms with van der Waals surface area (Å²) in [6.45, 7) is 1.68. The highest BCUT2D eigenvalue weighted by Gasteiger charge is 2.14. The molecule has 2 aromatic rings. The molecule has 3 N–H and O–H groups in total. The van der Waals surface area contributed by atoms with E-state index in [0.717, 1.165) is 0 Å². The summed E-state index contributed by atoms with van der Waals surface area (Å²) in [5.74, 6) is 6.90. The average Bonchev–Trinajstić information content (AvgIpc) is 2.46. The van der Waals surface area contributed by atoms with Crippen LogP contribution in [0, 0.1) is 17.0 Å². The number of aromatic nitrogens is 2. The fourth-order valence-electron chi connectivity index (χ4n) is 1.63. The van der Waals surface area contributed by atoms with E-state index in [1.54, 1.807) is 6.92 Å². The number of rotatable bonds is 5. The zero-order chi connectivity index (χ0) is 15.4. The lowest BCUT2D eigenvalue weighted by Gasteiger charge is -2.10. The Labute approximate surface area is 119 Å². The third-order valence-corrected chi connectivity index (χ3v) is 2.53. The van der Waals surface area contributed by atoms with Crippen molar-refractivity contribution in [1.82, 2.24) is 9.97 Å². The Morgan fingerprint density at radius 3 is 2.67 bits per heavy atom. The molecule has 0 radical (unpaired) electrons. The van der Waals surface area contributed by atoms with Crippen LogP contribution in [0.5, 0.6) is 17.4 Å². The third-order valence-electron chi connectivity index (χ3n) is 2.53. The van der Waals surface area contributed by atoms with E-state index < -0.39 is 4.92 Å². The lowest BCUT2D eigenvalue weighted by molar-refractivity contribution is -0.384. The first kappa shape index (κ1) is 14.5. The van der Waals surface area contributed by atoms with E-state index in [0.29, 0.717) is 17.4 Å². The summed E-state index contributed by atoms with van der Waals surface area (Å²) in [7, 11) is 1.39. The van der Waals surface area contributed by atoms with E-state index >= 15 is 0 Å². The Balaban J connectivity index is 2.35. The number of nitro groups is 1. The topological polar surface area (TPSA) is 125 Å². The van der Waals surface area contributed by atoms with Gasteiger partial charge in [-0.25, -0.2) is 10.8 Å². The molecule has 0 atom stereocenters. The quantitative estimate of drug-likeness (QED) is 0.485. The van der Waals surface area contributed by atoms with Gasteiger partial charge in [0.2, 0.25) is 5.88 Å². The van der Waals surface area contributed by atoms with Crippen LogP contribution in [0.25, 0.3) is 0 Å². The summed E-state index contributed by atoms with van der Waals surface area (Å²) in [6.07, 6.45) is 0. The SMILES string of the molecule is COc1cc([N+](=O)[O-])ccc1Oc1cc(NN)nc(C)n1. The van der Waals surface area contributed by atoms with Crippen LogP contribution in [0.4, 0.5) is 11.5 Å². The number of nitrogens with one attached hydrogen (secondary N) is 1. The molecule has 9 nitrogen and oxygen atoms in total. The van der Waals surface area contributed by atoms with Crippen LogP contribution in [-0.4, -0.2) is 22.0 Å². The summed E-state index contributed by atoms with van der Waals surface area (Å²) in [5, 5.41) is 10.7. The Morgan fingerprint density at radius 1 is 1.29 bits per heavy atom. The summed E-state index contributed by atoms with van der Waals surface area (Å²) < 4.78 is 10.6. The lowest BCUT2D eigenvalue weighted by Crippen LogP contribution is -2.09. The minimum Gasteiger partial charge on any atom is -0.493 e. The molecule has 1 heterocycles. The summed E-state index contributed by atoms with van der Waals surface area (Å²) in [4.78, 5) is 18.3. The van der Waals surface area contributed by atoms with Crippen LogP contribution in [0.3, 0.4) is 0 Å². The van der Waals surface area contributed by atoms with Gasteiger partial charge in [0, 0.05) is 12.1 Å². The standard InChI is InChI=1S/C12H13N5O4/c1-7-14-11(16-13)6-12(15-7)21-9-4-3-8(17(18)19)5-10(9)20-2/h3-6H,13H2,1-2H3,(H,14,15,16). The molecule has 0 amide bonds. The first-order valence-electron chi connectivity index (χ1n) is 5.86. The molecule has 0 aliphatic carbocycles. The van der Waals surface area contributed by atoms with Crippen molar-refractivity contribution in [2.24, 2.45) is 5.84 Å². The van der Waals surface area contributed by atoms with Crippen LogP contribution >= 0.6 is 0 Å². The minimum absolute atomic E-state index is 0.0950. The second-order valence-corrected chi connectivity index (χ2v) is 3.98.